The molecule has 0 heterocycles. The van der Waals surface area contributed by atoms with Crippen molar-refractivity contribution in [2.45, 2.75) is 25.9 Å². The Bertz CT molecular complexity index is 407. The van der Waals surface area contributed by atoms with E-state index in [1.54, 1.807) is 18.2 Å². The molecule has 1 rings (SSSR count). The van der Waals surface area contributed by atoms with E-state index < -0.39 is 6.10 Å². The second-order valence-electron chi connectivity index (χ2n) is 4.11. The van der Waals surface area contributed by atoms with Gasteiger partial charge in [-0.2, -0.15) is 0 Å². The predicted molar refractivity (Wildman–Crippen MR) is 70.7 cm³/mol. The van der Waals surface area contributed by atoms with E-state index in [1.807, 2.05) is 6.92 Å². The molecule has 1 unspecified atom stereocenters. The minimum absolute atomic E-state index is 0.226. The van der Waals surface area contributed by atoms with Crippen molar-refractivity contribution in [1.29, 1.82) is 0 Å². The number of carbonyl (C=O) groups excluding carboxylic acids is 1. The second-order valence-corrected chi connectivity index (χ2v) is 4.11. The molecule has 1 aromatic carbocycles. The Hall–Kier alpha value is -1.75. The molecule has 1 aromatic rings. The third-order valence-electron chi connectivity index (χ3n) is 2.63. The average Bonchev–Trinajstić information content (AvgIpc) is 2.37. The number of nitrogen functional groups attached to an aromatic ring is 1. The van der Waals surface area contributed by atoms with E-state index >= 15 is 0 Å². The number of nitrogens with one attached hydrogen (secondary N) is 1. The van der Waals surface area contributed by atoms with Crippen molar-refractivity contribution in [3.05, 3.63) is 23.8 Å². The molecule has 0 saturated heterocycles. The van der Waals surface area contributed by atoms with Crippen LogP contribution in [-0.4, -0.2) is 30.8 Å². The maximum Gasteiger partial charge on any atom is 0.253 e. The molecule has 0 aliphatic rings. The SMILES string of the molecule is CCCC(O)CNC(=O)c1cc(OC)ccc1N. The summed E-state index contributed by atoms with van der Waals surface area (Å²) in [5, 5.41) is 12.2. The number of aliphatic hydroxyl groups is 1. The summed E-state index contributed by atoms with van der Waals surface area (Å²) in [5.41, 5.74) is 6.48. The van der Waals surface area contributed by atoms with Crippen molar-refractivity contribution >= 4 is 11.6 Å². The van der Waals surface area contributed by atoms with Crippen molar-refractivity contribution in [3.63, 3.8) is 0 Å². The number of amides is 1. The molecule has 1 atom stereocenters. The van der Waals surface area contributed by atoms with Crippen molar-refractivity contribution in [1.82, 2.24) is 5.32 Å². The van der Waals surface area contributed by atoms with Crippen LogP contribution in [0.2, 0.25) is 0 Å². The van der Waals surface area contributed by atoms with Gasteiger partial charge in [-0.15, -0.1) is 0 Å². The van der Waals surface area contributed by atoms with Gasteiger partial charge < -0.3 is 20.9 Å². The van der Waals surface area contributed by atoms with Crippen LogP contribution in [0.25, 0.3) is 0 Å². The molecule has 0 aliphatic heterocycles. The van der Waals surface area contributed by atoms with E-state index in [0.717, 1.165) is 6.42 Å². The predicted octanol–water partition coefficient (Wildman–Crippen LogP) is 1.17. The van der Waals surface area contributed by atoms with E-state index in [4.69, 9.17) is 10.5 Å². The highest BCUT2D eigenvalue weighted by molar-refractivity contribution is 5.99. The summed E-state index contributed by atoms with van der Waals surface area (Å²) >= 11 is 0. The molecular weight excluding hydrogens is 232 g/mol. The van der Waals surface area contributed by atoms with Gasteiger partial charge in [-0.05, 0) is 24.6 Å². The zero-order chi connectivity index (χ0) is 13.5. The zero-order valence-corrected chi connectivity index (χ0v) is 10.8. The largest absolute Gasteiger partial charge is 0.497 e. The van der Waals surface area contributed by atoms with Crippen LogP contribution in [0.1, 0.15) is 30.1 Å². The molecule has 5 nitrogen and oxygen atoms in total. The van der Waals surface area contributed by atoms with Gasteiger partial charge in [-0.25, -0.2) is 0 Å². The van der Waals surface area contributed by atoms with Gasteiger partial charge >= 0.3 is 0 Å². The summed E-state index contributed by atoms with van der Waals surface area (Å²) in [6.07, 6.45) is 1.01. The standard InChI is InChI=1S/C13H20N2O3/c1-3-4-9(16)8-15-13(17)11-7-10(18-2)5-6-12(11)14/h5-7,9,16H,3-4,8,14H2,1-2H3,(H,15,17). The Morgan fingerprint density at radius 3 is 2.89 bits per heavy atom. The molecule has 18 heavy (non-hydrogen) atoms. The van der Waals surface area contributed by atoms with Crippen LogP contribution in [0.15, 0.2) is 18.2 Å². The first-order valence-corrected chi connectivity index (χ1v) is 5.98. The van der Waals surface area contributed by atoms with Crippen LogP contribution in [0.5, 0.6) is 5.75 Å². The smallest absolute Gasteiger partial charge is 0.253 e. The number of ether oxygens (including phenoxy) is 1. The zero-order valence-electron chi connectivity index (χ0n) is 10.8. The summed E-state index contributed by atoms with van der Waals surface area (Å²) in [6.45, 7) is 2.20. The summed E-state index contributed by atoms with van der Waals surface area (Å²) in [4.78, 5) is 11.9. The molecule has 100 valence electrons. The lowest BCUT2D eigenvalue weighted by Crippen LogP contribution is -2.32. The van der Waals surface area contributed by atoms with Gasteiger partial charge in [0.15, 0.2) is 0 Å². The highest BCUT2D eigenvalue weighted by atomic mass is 16.5. The maximum atomic E-state index is 11.9. The molecule has 1 amide bonds. The van der Waals surface area contributed by atoms with E-state index in [0.29, 0.717) is 23.4 Å². The van der Waals surface area contributed by atoms with Crippen molar-refractivity contribution in [2.75, 3.05) is 19.4 Å². The Morgan fingerprint density at radius 2 is 2.28 bits per heavy atom. The Kier molecular flexibility index (Phi) is 5.45. The van der Waals surface area contributed by atoms with Gasteiger partial charge in [0.25, 0.3) is 5.91 Å². The Labute approximate surface area is 107 Å². The number of nitrogens with two attached hydrogens (primary N) is 1. The lowest BCUT2D eigenvalue weighted by atomic mass is 10.1. The highest BCUT2D eigenvalue weighted by Gasteiger charge is 2.12. The van der Waals surface area contributed by atoms with Gasteiger partial charge in [-0.1, -0.05) is 13.3 Å². The summed E-state index contributed by atoms with van der Waals surface area (Å²) in [5.74, 6) is 0.269. The number of methoxy groups -OCH3 is 1. The number of anilines is 1. The summed E-state index contributed by atoms with van der Waals surface area (Å²) in [6, 6.07) is 4.89. The second kappa shape index (κ2) is 6.86. The lowest BCUT2D eigenvalue weighted by molar-refractivity contribution is 0.0910. The van der Waals surface area contributed by atoms with Crippen molar-refractivity contribution in [2.24, 2.45) is 0 Å². The van der Waals surface area contributed by atoms with E-state index in [-0.39, 0.29) is 12.5 Å². The Morgan fingerprint density at radius 1 is 1.56 bits per heavy atom. The van der Waals surface area contributed by atoms with Crippen LogP contribution in [0.4, 0.5) is 5.69 Å². The van der Waals surface area contributed by atoms with Gasteiger partial charge in [0.05, 0.1) is 18.8 Å². The number of carbonyl (C=O) groups is 1. The Balaban J connectivity index is 2.66. The van der Waals surface area contributed by atoms with Crippen LogP contribution in [-0.2, 0) is 0 Å². The minimum Gasteiger partial charge on any atom is -0.497 e. The number of rotatable bonds is 6. The minimum atomic E-state index is -0.522. The molecule has 0 bridgehead atoms. The molecule has 0 fully saturated rings. The molecule has 0 saturated carbocycles. The molecule has 0 aromatic heterocycles. The normalized spacial score (nSPS) is 11.9. The number of benzene rings is 1. The molecule has 0 aliphatic carbocycles. The molecular formula is C13H20N2O3. The van der Waals surface area contributed by atoms with Crippen LogP contribution < -0.4 is 15.8 Å². The highest BCUT2D eigenvalue weighted by Crippen LogP contribution is 2.19. The first-order chi connectivity index (χ1) is 8.58. The number of hydrogen-bond acceptors (Lipinski definition) is 4. The number of aliphatic hydroxyl groups excluding tert-OH is 1. The maximum absolute atomic E-state index is 11.9. The van der Waals surface area contributed by atoms with E-state index in [1.165, 1.54) is 7.11 Å². The van der Waals surface area contributed by atoms with Crippen molar-refractivity contribution < 1.29 is 14.6 Å². The van der Waals surface area contributed by atoms with Crippen LogP contribution in [0.3, 0.4) is 0 Å². The fourth-order valence-corrected chi connectivity index (χ4v) is 1.60. The fourth-order valence-electron chi connectivity index (χ4n) is 1.60. The lowest BCUT2D eigenvalue weighted by Gasteiger charge is -2.12. The van der Waals surface area contributed by atoms with E-state index in [9.17, 15) is 9.90 Å². The third-order valence-corrected chi connectivity index (χ3v) is 2.63. The van der Waals surface area contributed by atoms with Gasteiger partial charge in [0.1, 0.15) is 5.75 Å². The van der Waals surface area contributed by atoms with Crippen LogP contribution >= 0.6 is 0 Å². The fraction of sp³-hybridized carbons (Fsp3) is 0.462. The number of hydrogen-bond donors (Lipinski definition) is 3. The molecule has 0 radical (unpaired) electrons. The molecule has 4 N–H and O–H groups in total. The first-order valence-electron chi connectivity index (χ1n) is 5.98. The van der Waals surface area contributed by atoms with Crippen LogP contribution in [0, 0.1) is 0 Å². The summed E-state index contributed by atoms with van der Waals surface area (Å²) < 4.78 is 5.04. The first kappa shape index (κ1) is 14.3. The van der Waals surface area contributed by atoms with E-state index in [2.05, 4.69) is 5.32 Å². The van der Waals surface area contributed by atoms with Crippen molar-refractivity contribution in [3.8, 4) is 5.75 Å². The third kappa shape index (κ3) is 3.92. The van der Waals surface area contributed by atoms with Gasteiger partial charge in [0.2, 0.25) is 0 Å². The molecule has 0 spiro atoms. The quantitative estimate of drug-likeness (QED) is 0.663. The monoisotopic (exact) mass is 252 g/mol. The average molecular weight is 252 g/mol. The van der Waals surface area contributed by atoms with Gasteiger partial charge in [0, 0.05) is 12.2 Å². The summed E-state index contributed by atoms with van der Waals surface area (Å²) in [7, 11) is 1.53. The van der Waals surface area contributed by atoms with Gasteiger partial charge in [-0.3, -0.25) is 4.79 Å². The molecule has 5 heteroatoms. The topological polar surface area (TPSA) is 84.6 Å².